The summed E-state index contributed by atoms with van der Waals surface area (Å²) in [7, 11) is 0. The molecule has 154 valence electrons. The van der Waals surface area contributed by atoms with Crippen LogP contribution in [0.3, 0.4) is 0 Å². The summed E-state index contributed by atoms with van der Waals surface area (Å²) in [5.74, 6) is -1.30. The number of imide groups is 1. The van der Waals surface area contributed by atoms with Crippen molar-refractivity contribution in [3.05, 3.63) is 42.0 Å². The van der Waals surface area contributed by atoms with Gasteiger partial charge in [0.25, 0.3) is 5.91 Å². The Balaban J connectivity index is 1.58. The quantitative estimate of drug-likeness (QED) is 0.566. The topological polar surface area (TPSA) is 86.8 Å². The Kier molecular flexibility index (Phi) is 6.46. The molecule has 2 unspecified atom stereocenters. The van der Waals surface area contributed by atoms with Crippen molar-refractivity contribution in [1.29, 1.82) is 0 Å². The summed E-state index contributed by atoms with van der Waals surface area (Å²) in [5, 5.41) is 2.76. The largest absolute Gasteiger partial charge is 0.339 e. The van der Waals surface area contributed by atoms with Gasteiger partial charge in [-0.3, -0.25) is 24.1 Å². The number of amides is 4. The summed E-state index contributed by atoms with van der Waals surface area (Å²) < 4.78 is 0. The van der Waals surface area contributed by atoms with Crippen LogP contribution in [0.4, 0.5) is 5.69 Å². The SMILES string of the molecule is CCN(CC)C(=O)c1cccc(NC(=O)CCN2C(=O)C3CC=CCC3C2=O)c1. The normalized spacial score (nSPS) is 20.6. The van der Waals surface area contributed by atoms with E-state index in [9.17, 15) is 19.2 Å². The first-order valence-electron chi connectivity index (χ1n) is 10.2. The molecule has 1 aromatic rings. The predicted octanol–water partition coefficient (Wildman–Crippen LogP) is 2.45. The average molecular weight is 397 g/mol. The molecule has 4 amide bonds. The first kappa shape index (κ1) is 20.8. The predicted molar refractivity (Wildman–Crippen MR) is 109 cm³/mol. The zero-order valence-electron chi connectivity index (χ0n) is 16.9. The monoisotopic (exact) mass is 397 g/mol. The zero-order chi connectivity index (χ0) is 21.0. The Morgan fingerprint density at radius 3 is 2.28 bits per heavy atom. The molecule has 2 aliphatic rings. The molecule has 2 atom stereocenters. The van der Waals surface area contributed by atoms with E-state index in [1.54, 1.807) is 29.2 Å². The molecule has 0 spiro atoms. The minimum atomic E-state index is -0.300. The van der Waals surface area contributed by atoms with Gasteiger partial charge in [0.2, 0.25) is 17.7 Å². The van der Waals surface area contributed by atoms with Crippen molar-refractivity contribution < 1.29 is 19.2 Å². The van der Waals surface area contributed by atoms with Crippen molar-refractivity contribution in [3.8, 4) is 0 Å². The third-order valence-corrected chi connectivity index (χ3v) is 5.61. The molecular weight excluding hydrogens is 370 g/mol. The van der Waals surface area contributed by atoms with Crippen LogP contribution in [0, 0.1) is 11.8 Å². The van der Waals surface area contributed by atoms with Gasteiger partial charge in [-0.1, -0.05) is 18.2 Å². The molecule has 0 saturated carbocycles. The lowest BCUT2D eigenvalue weighted by atomic mass is 9.85. The fourth-order valence-electron chi connectivity index (χ4n) is 3.95. The molecule has 1 saturated heterocycles. The number of carbonyl (C=O) groups excluding carboxylic acids is 4. The second kappa shape index (κ2) is 9.03. The molecule has 1 aliphatic carbocycles. The summed E-state index contributed by atoms with van der Waals surface area (Å²) in [6.07, 6.45) is 5.08. The van der Waals surface area contributed by atoms with Crippen molar-refractivity contribution in [3.63, 3.8) is 0 Å². The first-order chi connectivity index (χ1) is 14.0. The number of carbonyl (C=O) groups is 4. The Morgan fingerprint density at radius 1 is 1.07 bits per heavy atom. The standard InChI is InChI=1S/C22H27N3O4/c1-3-24(4-2)20(27)15-8-7-9-16(14-15)23-19(26)12-13-25-21(28)17-10-5-6-11-18(17)22(25)29/h5-9,14,17-18H,3-4,10-13H2,1-2H3,(H,23,26). The van der Waals surface area contributed by atoms with E-state index >= 15 is 0 Å². The molecule has 0 aromatic heterocycles. The summed E-state index contributed by atoms with van der Waals surface area (Å²) >= 11 is 0. The van der Waals surface area contributed by atoms with E-state index < -0.39 is 0 Å². The number of rotatable bonds is 7. The van der Waals surface area contributed by atoms with Crippen molar-refractivity contribution in [2.24, 2.45) is 11.8 Å². The van der Waals surface area contributed by atoms with Crippen molar-refractivity contribution >= 4 is 29.3 Å². The van der Waals surface area contributed by atoms with Crippen LogP contribution < -0.4 is 5.32 Å². The van der Waals surface area contributed by atoms with Gasteiger partial charge in [0.05, 0.1) is 11.8 Å². The minimum Gasteiger partial charge on any atom is -0.339 e. The van der Waals surface area contributed by atoms with Crippen LogP contribution in [0.15, 0.2) is 36.4 Å². The zero-order valence-corrected chi connectivity index (χ0v) is 16.9. The van der Waals surface area contributed by atoms with Crippen LogP contribution in [-0.2, 0) is 14.4 Å². The number of hydrogen-bond acceptors (Lipinski definition) is 4. The molecular formula is C22H27N3O4. The van der Waals surface area contributed by atoms with Gasteiger partial charge < -0.3 is 10.2 Å². The number of allylic oxidation sites excluding steroid dienone is 2. The van der Waals surface area contributed by atoms with E-state index in [-0.39, 0.29) is 48.4 Å². The molecule has 1 N–H and O–H groups in total. The van der Waals surface area contributed by atoms with E-state index in [4.69, 9.17) is 0 Å². The number of nitrogens with zero attached hydrogens (tertiary/aromatic N) is 2. The van der Waals surface area contributed by atoms with Gasteiger partial charge in [0.1, 0.15) is 0 Å². The van der Waals surface area contributed by atoms with Crippen LogP contribution >= 0.6 is 0 Å². The fraction of sp³-hybridized carbons (Fsp3) is 0.455. The third kappa shape index (κ3) is 4.39. The fourth-order valence-corrected chi connectivity index (χ4v) is 3.95. The lowest BCUT2D eigenvalue weighted by Crippen LogP contribution is -2.34. The van der Waals surface area contributed by atoms with Crippen LogP contribution in [-0.4, -0.2) is 53.1 Å². The molecule has 1 aromatic carbocycles. The summed E-state index contributed by atoms with van der Waals surface area (Å²) in [6.45, 7) is 5.14. The average Bonchev–Trinajstić information content (AvgIpc) is 2.98. The second-order valence-electron chi connectivity index (χ2n) is 7.34. The maximum Gasteiger partial charge on any atom is 0.253 e. The number of fused-ring (bicyclic) bond motifs is 1. The number of nitrogens with one attached hydrogen (secondary N) is 1. The second-order valence-corrected chi connectivity index (χ2v) is 7.34. The first-order valence-corrected chi connectivity index (χ1v) is 10.2. The van der Waals surface area contributed by atoms with Crippen LogP contribution in [0.25, 0.3) is 0 Å². The highest BCUT2D eigenvalue weighted by molar-refractivity contribution is 6.06. The summed E-state index contributed by atoms with van der Waals surface area (Å²) in [5.41, 5.74) is 1.03. The molecule has 0 bridgehead atoms. The maximum absolute atomic E-state index is 12.5. The van der Waals surface area contributed by atoms with Crippen LogP contribution in [0.1, 0.15) is 43.5 Å². The molecule has 7 nitrogen and oxygen atoms in total. The molecule has 1 aliphatic heterocycles. The number of benzene rings is 1. The van der Waals surface area contributed by atoms with Gasteiger partial charge in [0.15, 0.2) is 0 Å². The molecule has 7 heteroatoms. The maximum atomic E-state index is 12.5. The van der Waals surface area contributed by atoms with Gasteiger partial charge in [-0.15, -0.1) is 0 Å². The van der Waals surface area contributed by atoms with Crippen LogP contribution in [0.5, 0.6) is 0 Å². The smallest absolute Gasteiger partial charge is 0.253 e. The molecule has 29 heavy (non-hydrogen) atoms. The van der Waals surface area contributed by atoms with Gasteiger partial charge in [-0.25, -0.2) is 0 Å². The third-order valence-electron chi connectivity index (χ3n) is 5.61. The van der Waals surface area contributed by atoms with E-state index in [1.165, 1.54) is 4.90 Å². The highest BCUT2D eigenvalue weighted by Gasteiger charge is 2.46. The summed E-state index contributed by atoms with van der Waals surface area (Å²) in [4.78, 5) is 52.7. The van der Waals surface area contributed by atoms with Crippen LogP contribution in [0.2, 0.25) is 0 Å². The lowest BCUT2D eigenvalue weighted by molar-refractivity contribution is -0.140. The highest BCUT2D eigenvalue weighted by Crippen LogP contribution is 2.35. The lowest BCUT2D eigenvalue weighted by Gasteiger charge is -2.19. The van der Waals surface area contributed by atoms with Gasteiger partial charge in [-0.2, -0.15) is 0 Å². The van der Waals surface area contributed by atoms with E-state index in [0.29, 0.717) is 37.2 Å². The van der Waals surface area contributed by atoms with E-state index in [0.717, 1.165) is 0 Å². The Bertz CT molecular complexity index is 818. The Morgan fingerprint density at radius 2 is 1.69 bits per heavy atom. The Hall–Kier alpha value is -2.96. The van der Waals surface area contributed by atoms with E-state index in [2.05, 4.69) is 5.32 Å². The minimum absolute atomic E-state index is 0.0264. The van der Waals surface area contributed by atoms with Crippen molar-refractivity contribution in [1.82, 2.24) is 9.80 Å². The van der Waals surface area contributed by atoms with E-state index in [1.807, 2.05) is 26.0 Å². The van der Waals surface area contributed by atoms with Gasteiger partial charge in [0, 0.05) is 37.3 Å². The van der Waals surface area contributed by atoms with Crippen molar-refractivity contribution in [2.45, 2.75) is 33.1 Å². The summed E-state index contributed by atoms with van der Waals surface area (Å²) in [6, 6.07) is 6.79. The molecule has 1 heterocycles. The molecule has 0 radical (unpaired) electrons. The van der Waals surface area contributed by atoms with Gasteiger partial charge >= 0.3 is 0 Å². The number of anilines is 1. The highest BCUT2D eigenvalue weighted by atomic mass is 16.2. The number of hydrogen-bond donors (Lipinski definition) is 1. The molecule has 3 rings (SSSR count). The van der Waals surface area contributed by atoms with Gasteiger partial charge in [-0.05, 0) is 44.9 Å². The van der Waals surface area contributed by atoms with Crippen molar-refractivity contribution in [2.75, 3.05) is 25.0 Å². The molecule has 1 fully saturated rings. The Labute approximate surface area is 170 Å². The number of likely N-dealkylation sites (tertiary alicyclic amines) is 1.